The number of carbonyl (C=O) groups excluding carboxylic acids is 1. The maximum Gasteiger partial charge on any atom is 0.323 e. The summed E-state index contributed by atoms with van der Waals surface area (Å²) < 4.78 is 13.4. The minimum absolute atomic E-state index is 0.321. The number of amides is 2. The Labute approximate surface area is 239 Å². The molecule has 2 saturated heterocycles. The van der Waals surface area contributed by atoms with Crippen molar-refractivity contribution in [1.29, 1.82) is 0 Å². The van der Waals surface area contributed by atoms with E-state index >= 15 is 0 Å². The van der Waals surface area contributed by atoms with E-state index in [1.54, 1.807) is 0 Å². The largest absolute Gasteiger partial charge is 0.492 e. The predicted octanol–water partition coefficient (Wildman–Crippen LogP) is 4.47. The number of rotatable bonds is 9. The van der Waals surface area contributed by atoms with Crippen LogP contribution >= 0.6 is 0 Å². The molecule has 2 unspecified atom stereocenters. The number of urea groups is 1. The third-order valence-corrected chi connectivity index (χ3v) is 7.58. The van der Waals surface area contributed by atoms with Crippen LogP contribution in [0, 0.1) is 0 Å². The molecule has 2 amide bonds. The molecule has 0 radical (unpaired) electrons. The molecule has 4 aromatic rings. The Balaban J connectivity index is 1.16. The number of hydrogen-bond acceptors (Lipinski definition) is 8. The lowest BCUT2D eigenvalue weighted by molar-refractivity contribution is 0.0904. The van der Waals surface area contributed by atoms with Crippen LogP contribution < -0.4 is 20.3 Å². The molecule has 0 saturated carbocycles. The van der Waals surface area contributed by atoms with Crippen molar-refractivity contribution in [1.82, 2.24) is 24.6 Å². The highest BCUT2D eigenvalue weighted by Gasteiger charge is 2.39. The van der Waals surface area contributed by atoms with Gasteiger partial charge in [0.25, 0.3) is 0 Å². The lowest BCUT2D eigenvalue weighted by Gasteiger charge is -2.36. The molecule has 6 rings (SSSR count). The maximum absolute atomic E-state index is 12.6. The number of aryl methyl sites for hydroxylation is 1. The normalized spacial score (nSPS) is 18.2. The monoisotopic (exact) mass is 556 g/mol. The number of morpholine rings is 1. The van der Waals surface area contributed by atoms with Crippen LogP contribution in [0.25, 0.3) is 22.4 Å². The van der Waals surface area contributed by atoms with Gasteiger partial charge in [0.05, 0.1) is 36.9 Å². The molecule has 11 nitrogen and oxygen atoms in total. The summed E-state index contributed by atoms with van der Waals surface area (Å²) in [4.78, 5) is 27.1. The van der Waals surface area contributed by atoms with E-state index in [0.29, 0.717) is 35.9 Å². The van der Waals surface area contributed by atoms with Crippen molar-refractivity contribution in [2.75, 3.05) is 56.0 Å². The number of likely N-dealkylation sites (N-methyl/N-ethyl adjacent to an activating group) is 1. The molecule has 2 N–H and O–H groups in total. The van der Waals surface area contributed by atoms with Gasteiger partial charge in [0.1, 0.15) is 18.2 Å². The molecule has 11 heteroatoms. The summed E-state index contributed by atoms with van der Waals surface area (Å²) in [6, 6.07) is 15.2. The van der Waals surface area contributed by atoms with Crippen molar-refractivity contribution in [2.45, 2.75) is 38.4 Å². The van der Waals surface area contributed by atoms with Crippen molar-refractivity contribution in [3.63, 3.8) is 0 Å². The van der Waals surface area contributed by atoms with E-state index in [2.05, 4.69) is 32.5 Å². The Morgan fingerprint density at radius 1 is 1.00 bits per heavy atom. The smallest absolute Gasteiger partial charge is 0.323 e. The van der Waals surface area contributed by atoms with Gasteiger partial charge in [-0.25, -0.2) is 19.4 Å². The molecule has 0 aliphatic carbocycles. The molecular formula is C30H36N8O3. The summed E-state index contributed by atoms with van der Waals surface area (Å²) in [7, 11) is 4.01. The molecule has 2 bridgehead atoms. The van der Waals surface area contributed by atoms with Crippen LogP contribution in [0.3, 0.4) is 0 Å². The second-order valence-electron chi connectivity index (χ2n) is 10.7. The molecule has 0 spiro atoms. The first-order chi connectivity index (χ1) is 20.0. The minimum atomic E-state index is -0.325. The van der Waals surface area contributed by atoms with Gasteiger partial charge in [0.2, 0.25) is 0 Å². The lowest BCUT2D eigenvalue weighted by atomic mass is 10.1. The van der Waals surface area contributed by atoms with Gasteiger partial charge in [0, 0.05) is 30.0 Å². The van der Waals surface area contributed by atoms with E-state index in [9.17, 15) is 4.79 Å². The average molecular weight is 557 g/mol. The Morgan fingerprint density at radius 3 is 2.29 bits per heavy atom. The molecule has 41 heavy (non-hydrogen) atoms. The van der Waals surface area contributed by atoms with Gasteiger partial charge in [-0.15, -0.1) is 0 Å². The van der Waals surface area contributed by atoms with E-state index in [-0.39, 0.29) is 6.03 Å². The highest BCUT2D eigenvalue weighted by atomic mass is 16.5. The van der Waals surface area contributed by atoms with Crippen LogP contribution in [-0.4, -0.2) is 83.2 Å². The van der Waals surface area contributed by atoms with Crippen LogP contribution in [0.2, 0.25) is 0 Å². The molecule has 2 aromatic carbocycles. The summed E-state index contributed by atoms with van der Waals surface area (Å²) in [6.45, 7) is 5.66. The fourth-order valence-corrected chi connectivity index (χ4v) is 5.45. The van der Waals surface area contributed by atoms with Gasteiger partial charge in [0.15, 0.2) is 11.5 Å². The van der Waals surface area contributed by atoms with Gasteiger partial charge in [-0.3, -0.25) is 0 Å². The number of carbonyl (C=O) groups is 1. The molecule has 2 atom stereocenters. The predicted molar refractivity (Wildman–Crippen MR) is 160 cm³/mol. The van der Waals surface area contributed by atoms with Crippen molar-refractivity contribution < 1.29 is 14.3 Å². The maximum atomic E-state index is 12.6. The highest BCUT2D eigenvalue weighted by Crippen LogP contribution is 2.37. The summed E-state index contributed by atoms with van der Waals surface area (Å²) in [5.74, 6) is 2.33. The third kappa shape index (κ3) is 5.82. The molecule has 4 heterocycles. The third-order valence-electron chi connectivity index (χ3n) is 7.58. The molecule has 2 aromatic heterocycles. The number of ether oxygens (including phenoxy) is 2. The molecular weight excluding hydrogens is 520 g/mol. The number of hydrogen-bond donors (Lipinski definition) is 2. The van der Waals surface area contributed by atoms with Crippen molar-refractivity contribution in [3.05, 3.63) is 54.7 Å². The van der Waals surface area contributed by atoms with Crippen LogP contribution in [0.15, 0.2) is 54.7 Å². The molecule has 2 fully saturated rings. The van der Waals surface area contributed by atoms with E-state index in [1.807, 2.05) is 73.5 Å². The van der Waals surface area contributed by atoms with Crippen molar-refractivity contribution in [2.24, 2.45) is 0 Å². The topological polar surface area (TPSA) is 110 Å². The van der Waals surface area contributed by atoms with Gasteiger partial charge in [-0.2, -0.15) is 5.10 Å². The lowest BCUT2D eigenvalue weighted by Crippen LogP contribution is -2.46. The van der Waals surface area contributed by atoms with Crippen LogP contribution in [0.5, 0.6) is 5.75 Å². The Morgan fingerprint density at radius 2 is 1.66 bits per heavy atom. The van der Waals surface area contributed by atoms with Gasteiger partial charge >= 0.3 is 6.03 Å². The summed E-state index contributed by atoms with van der Waals surface area (Å²) in [6.07, 6.45) is 4.08. The van der Waals surface area contributed by atoms with Crippen LogP contribution in [0.1, 0.15) is 19.8 Å². The fourth-order valence-electron chi connectivity index (χ4n) is 5.45. The zero-order valence-corrected chi connectivity index (χ0v) is 23.7. The standard InChI is InChI=1S/C30H36N8O3/c1-4-37-28-26(17-31-37)29(38-23-11-12-24(38)19-40-18-23)35-27(34-28)20-5-7-21(8-6-20)32-30(39)33-22-9-13-25(14-10-22)41-16-15-36(2)3/h5-10,13-14,17,23-24H,4,11-12,15-16,18-19H2,1-3H3,(H2,32,33,39). The van der Waals surface area contributed by atoms with Gasteiger partial charge in [-0.05, 0) is 82.4 Å². The Kier molecular flexibility index (Phi) is 7.71. The van der Waals surface area contributed by atoms with Crippen molar-refractivity contribution in [3.8, 4) is 17.1 Å². The van der Waals surface area contributed by atoms with Crippen LogP contribution in [0.4, 0.5) is 22.0 Å². The molecule has 2 aliphatic heterocycles. The Bertz CT molecular complexity index is 1490. The SMILES string of the molecule is CCn1ncc2c(N3C4CCC3COC4)nc(-c3ccc(NC(=O)Nc4ccc(OCCN(C)C)cc4)cc3)nc21. The molecule has 214 valence electrons. The van der Waals surface area contributed by atoms with Gasteiger partial charge < -0.3 is 29.9 Å². The summed E-state index contributed by atoms with van der Waals surface area (Å²) in [5.41, 5.74) is 3.04. The number of fused-ring (bicyclic) bond motifs is 3. The zero-order chi connectivity index (χ0) is 28.3. The first-order valence-corrected chi connectivity index (χ1v) is 14.1. The van der Waals surface area contributed by atoms with E-state index in [1.165, 1.54) is 0 Å². The number of nitrogens with zero attached hydrogens (tertiary/aromatic N) is 6. The van der Waals surface area contributed by atoms with Crippen molar-refractivity contribution >= 4 is 34.3 Å². The second-order valence-corrected chi connectivity index (χ2v) is 10.7. The number of anilines is 3. The fraction of sp³-hybridized carbons (Fsp3) is 0.400. The molecule has 2 aliphatic rings. The number of benzene rings is 2. The minimum Gasteiger partial charge on any atom is -0.492 e. The summed E-state index contributed by atoms with van der Waals surface area (Å²) in [5, 5.41) is 11.3. The number of aromatic nitrogens is 4. The van der Waals surface area contributed by atoms with E-state index < -0.39 is 0 Å². The van der Waals surface area contributed by atoms with Crippen LogP contribution in [-0.2, 0) is 11.3 Å². The summed E-state index contributed by atoms with van der Waals surface area (Å²) >= 11 is 0. The first-order valence-electron chi connectivity index (χ1n) is 14.1. The van der Waals surface area contributed by atoms with E-state index in [4.69, 9.17) is 19.4 Å². The quantitative estimate of drug-likeness (QED) is 0.311. The Hall–Kier alpha value is -4.22. The highest BCUT2D eigenvalue weighted by molar-refractivity contribution is 6.00. The first kappa shape index (κ1) is 27.0. The number of nitrogens with one attached hydrogen (secondary N) is 2. The van der Waals surface area contributed by atoms with E-state index in [0.717, 1.165) is 67.3 Å². The second kappa shape index (κ2) is 11.7. The zero-order valence-electron chi connectivity index (χ0n) is 23.7. The van der Waals surface area contributed by atoms with Gasteiger partial charge in [-0.1, -0.05) is 0 Å². The average Bonchev–Trinajstić information content (AvgIpc) is 3.50.